The molecule has 1 aromatic heterocycles. The van der Waals surface area contributed by atoms with Gasteiger partial charge in [0, 0.05) is 36.7 Å². The quantitative estimate of drug-likeness (QED) is 0.885. The van der Waals surface area contributed by atoms with Crippen LogP contribution in [0.15, 0.2) is 30.6 Å². The summed E-state index contributed by atoms with van der Waals surface area (Å²) in [6.07, 6.45) is 5.86. The number of carbonyl (C=O) groups excluding carboxylic acids is 1. The van der Waals surface area contributed by atoms with Gasteiger partial charge in [0.15, 0.2) is 0 Å². The molecule has 1 unspecified atom stereocenters. The Morgan fingerprint density at radius 3 is 2.95 bits per heavy atom. The van der Waals surface area contributed by atoms with E-state index in [4.69, 9.17) is 5.73 Å². The van der Waals surface area contributed by atoms with Gasteiger partial charge >= 0.3 is 0 Å². The van der Waals surface area contributed by atoms with E-state index in [1.807, 2.05) is 37.1 Å². The minimum atomic E-state index is 0.0880. The van der Waals surface area contributed by atoms with E-state index in [1.165, 1.54) is 0 Å². The zero-order chi connectivity index (χ0) is 15.7. The zero-order valence-corrected chi connectivity index (χ0v) is 13.1. The third-order valence-corrected chi connectivity index (χ3v) is 4.46. The van der Waals surface area contributed by atoms with Crippen LogP contribution in [0.3, 0.4) is 0 Å². The molecule has 0 radical (unpaired) electrons. The molecule has 0 bridgehead atoms. The van der Waals surface area contributed by atoms with E-state index in [0.717, 1.165) is 37.3 Å². The molecular weight excluding hydrogens is 276 g/mol. The van der Waals surface area contributed by atoms with Crippen molar-refractivity contribution in [3.63, 3.8) is 0 Å². The molecule has 0 spiro atoms. The first-order valence-electron chi connectivity index (χ1n) is 7.71. The van der Waals surface area contributed by atoms with Crippen LogP contribution in [0.4, 0.5) is 5.69 Å². The van der Waals surface area contributed by atoms with Crippen LogP contribution >= 0.6 is 0 Å². The average molecular weight is 298 g/mol. The number of nitrogens with two attached hydrogens (primary N) is 1. The van der Waals surface area contributed by atoms with E-state index in [2.05, 4.69) is 9.55 Å². The molecule has 1 fully saturated rings. The van der Waals surface area contributed by atoms with Crippen LogP contribution in [0.5, 0.6) is 0 Å². The van der Waals surface area contributed by atoms with Gasteiger partial charge in [0.1, 0.15) is 5.82 Å². The predicted molar refractivity (Wildman–Crippen MR) is 86.6 cm³/mol. The molecule has 22 heavy (non-hydrogen) atoms. The molecule has 3 rings (SSSR count). The molecule has 0 aliphatic carbocycles. The number of hydrogen-bond donors (Lipinski definition) is 1. The smallest absolute Gasteiger partial charge is 0.254 e. The van der Waals surface area contributed by atoms with Gasteiger partial charge in [0.25, 0.3) is 5.91 Å². The van der Waals surface area contributed by atoms with Crippen LogP contribution in [0.2, 0.25) is 0 Å². The van der Waals surface area contributed by atoms with Crippen molar-refractivity contribution < 1.29 is 4.79 Å². The maximum absolute atomic E-state index is 12.9. The van der Waals surface area contributed by atoms with Crippen LogP contribution < -0.4 is 5.73 Å². The van der Waals surface area contributed by atoms with Crippen molar-refractivity contribution in [1.82, 2.24) is 14.5 Å². The molecule has 116 valence electrons. The molecule has 1 aliphatic rings. The van der Waals surface area contributed by atoms with Gasteiger partial charge in [0.05, 0.1) is 6.04 Å². The van der Waals surface area contributed by atoms with Crippen molar-refractivity contribution in [3.8, 4) is 0 Å². The van der Waals surface area contributed by atoms with E-state index in [1.54, 1.807) is 12.3 Å². The van der Waals surface area contributed by atoms with Crippen LogP contribution in [0.25, 0.3) is 0 Å². The molecule has 5 heteroatoms. The summed E-state index contributed by atoms with van der Waals surface area (Å²) in [4.78, 5) is 19.1. The number of imidazole rings is 1. The first-order chi connectivity index (χ1) is 10.6. The van der Waals surface area contributed by atoms with Gasteiger partial charge in [0.2, 0.25) is 0 Å². The number of likely N-dealkylation sites (tertiary alicyclic amines) is 1. The highest BCUT2D eigenvalue weighted by molar-refractivity contribution is 5.96. The Labute approximate surface area is 130 Å². The summed E-state index contributed by atoms with van der Waals surface area (Å²) in [5.41, 5.74) is 8.17. The Kier molecular flexibility index (Phi) is 3.88. The van der Waals surface area contributed by atoms with Gasteiger partial charge in [-0.15, -0.1) is 0 Å². The van der Waals surface area contributed by atoms with Crippen LogP contribution in [0, 0.1) is 13.8 Å². The van der Waals surface area contributed by atoms with Gasteiger partial charge in [-0.25, -0.2) is 4.98 Å². The van der Waals surface area contributed by atoms with Gasteiger partial charge in [-0.3, -0.25) is 4.79 Å². The Balaban J connectivity index is 1.82. The molecule has 2 aromatic rings. The first-order valence-corrected chi connectivity index (χ1v) is 7.71. The molecule has 1 aromatic carbocycles. The Bertz CT molecular complexity index is 692. The van der Waals surface area contributed by atoms with Crippen LogP contribution in [0.1, 0.15) is 34.6 Å². The maximum Gasteiger partial charge on any atom is 0.254 e. The summed E-state index contributed by atoms with van der Waals surface area (Å²) in [5.74, 6) is 1.07. The number of aromatic nitrogens is 2. The van der Waals surface area contributed by atoms with Gasteiger partial charge < -0.3 is 15.2 Å². The lowest BCUT2D eigenvalue weighted by atomic mass is 10.1. The summed E-state index contributed by atoms with van der Waals surface area (Å²) in [5, 5.41) is 0. The summed E-state index contributed by atoms with van der Waals surface area (Å²) in [6.45, 7) is 5.56. The summed E-state index contributed by atoms with van der Waals surface area (Å²) >= 11 is 0. The average Bonchev–Trinajstić information content (AvgIpc) is 3.11. The zero-order valence-electron chi connectivity index (χ0n) is 13.1. The van der Waals surface area contributed by atoms with E-state index < -0.39 is 0 Å². The molecule has 2 heterocycles. The molecule has 5 nitrogen and oxygen atoms in total. The van der Waals surface area contributed by atoms with E-state index in [9.17, 15) is 4.79 Å². The Hall–Kier alpha value is -2.30. The monoisotopic (exact) mass is 298 g/mol. The number of aryl methyl sites for hydroxylation is 2. The second-order valence-electron chi connectivity index (χ2n) is 6.00. The topological polar surface area (TPSA) is 64.2 Å². The van der Waals surface area contributed by atoms with E-state index in [-0.39, 0.29) is 11.9 Å². The lowest BCUT2D eigenvalue weighted by Gasteiger charge is -2.26. The number of nitrogen functional groups attached to an aromatic ring is 1. The fourth-order valence-corrected chi connectivity index (χ4v) is 3.14. The lowest BCUT2D eigenvalue weighted by molar-refractivity contribution is 0.0723. The molecule has 1 aliphatic heterocycles. The van der Waals surface area contributed by atoms with E-state index >= 15 is 0 Å². The predicted octanol–water partition coefficient (Wildman–Crippen LogP) is 2.39. The number of hydrogen-bond acceptors (Lipinski definition) is 3. The number of amides is 1. The highest BCUT2D eigenvalue weighted by atomic mass is 16.2. The van der Waals surface area contributed by atoms with Crippen molar-refractivity contribution in [1.29, 1.82) is 0 Å². The largest absolute Gasteiger partial charge is 0.399 e. The molecule has 1 amide bonds. The third kappa shape index (κ3) is 2.71. The number of rotatable bonds is 3. The maximum atomic E-state index is 12.9. The van der Waals surface area contributed by atoms with Crippen LogP contribution in [-0.4, -0.2) is 32.9 Å². The molecular formula is C17H22N4O. The molecule has 1 saturated heterocycles. The normalized spacial score (nSPS) is 17.9. The lowest BCUT2D eigenvalue weighted by Crippen LogP contribution is -2.38. The molecule has 1 atom stereocenters. The third-order valence-electron chi connectivity index (χ3n) is 4.46. The van der Waals surface area contributed by atoms with Gasteiger partial charge in [-0.1, -0.05) is 6.07 Å². The minimum Gasteiger partial charge on any atom is -0.399 e. The highest BCUT2D eigenvalue weighted by Crippen LogP contribution is 2.24. The second-order valence-corrected chi connectivity index (χ2v) is 6.00. The van der Waals surface area contributed by atoms with Crippen molar-refractivity contribution in [2.24, 2.45) is 0 Å². The van der Waals surface area contributed by atoms with E-state index in [0.29, 0.717) is 11.3 Å². The summed E-state index contributed by atoms with van der Waals surface area (Å²) in [7, 11) is 0. The fraction of sp³-hybridized carbons (Fsp3) is 0.412. The standard InChI is InChI=1S/C17H22N4O/c1-12-5-6-14(18)10-16(12)17(22)21-8-3-4-15(21)11-20-9-7-19-13(20)2/h5-7,9-10,15H,3-4,8,11,18H2,1-2H3. The van der Waals surface area contributed by atoms with Gasteiger partial charge in [-0.05, 0) is 44.4 Å². The van der Waals surface area contributed by atoms with Crippen molar-refractivity contribution in [2.75, 3.05) is 12.3 Å². The number of nitrogens with zero attached hydrogens (tertiary/aromatic N) is 3. The van der Waals surface area contributed by atoms with Crippen molar-refractivity contribution >= 4 is 11.6 Å². The first kappa shape index (κ1) is 14.6. The number of carbonyl (C=O) groups is 1. The summed E-state index contributed by atoms with van der Waals surface area (Å²) in [6, 6.07) is 5.76. The molecule has 2 N–H and O–H groups in total. The highest BCUT2D eigenvalue weighted by Gasteiger charge is 2.30. The van der Waals surface area contributed by atoms with Crippen molar-refractivity contribution in [3.05, 3.63) is 47.5 Å². The van der Waals surface area contributed by atoms with Crippen molar-refractivity contribution in [2.45, 2.75) is 39.3 Å². The second kappa shape index (κ2) is 5.83. The van der Waals surface area contributed by atoms with Gasteiger partial charge in [-0.2, -0.15) is 0 Å². The Morgan fingerprint density at radius 1 is 1.41 bits per heavy atom. The fourth-order valence-electron chi connectivity index (χ4n) is 3.14. The van der Waals surface area contributed by atoms with Crippen LogP contribution in [-0.2, 0) is 6.54 Å². The summed E-state index contributed by atoms with van der Waals surface area (Å²) < 4.78 is 2.11. The number of benzene rings is 1. The molecule has 0 saturated carbocycles. The SMILES string of the molecule is Cc1ccc(N)cc1C(=O)N1CCCC1Cn1ccnc1C. The minimum absolute atomic E-state index is 0.0880. The Morgan fingerprint density at radius 2 is 2.23 bits per heavy atom. The number of anilines is 1.